The first-order valence-electron chi connectivity index (χ1n) is 7.90. The summed E-state index contributed by atoms with van der Waals surface area (Å²) < 4.78 is 0. The molecule has 0 amide bonds. The SMILES string of the molecule is CCC1=C(CC)C(=C(c2ccccc2)c2ccccc2)C1. The minimum atomic E-state index is 1.14. The molecule has 0 spiro atoms. The summed E-state index contributed by atoms with van der Waals surface area (Å²) in [7, 11) is 0. The van der Waals surface area contributed by atoms with Crippen LogP contribution in [0, 0.1) is 0 Å². The molecular weight excluding hydrogens is 252 g/mol. The number of benzene rings is 2. The van der Waals surface area contributed by atoms with E-state index in [1.165, 1.54) is 23.1 Å². The average Bonchev–Trinajstić information content (AvgIpc) is 2.53. The van der Waals surface area contributed by atoms with E-state index < -0.39 is 0 Å². The number of allylic oxidation sites excluding steroid dienone is 3. The average molecular weight is 274 g/mol. The van der Waals surface area contributed by atoms with Crippen molar-refractivity contribution in [1.82, 2.24) is 0 Å². The van der Waals surface area contributed by atoms with Crippen LogP contribution < -0.4 is 0 Å². The fraction of sp³-hybridized carbons (Fsp3) is 0.238. The Kier molecular flexibility index (Phi) is 4.06. The van der Waals surface area contributed by atoms with Gasteiger partial charge in [0.15, 0.2) is 0 Å². The molecule has 0 fully saturated rings. The Bertz CT molecular complexity index is 631. The topological polar surface area (TPSA) is 0 Å². The monoisotopic (exact) mass is 274 g/mol. The van der Waals surface area contributed by atoms with E-state index in [0.29, 0.717) is 0 Å². The van der Waals surface area contributed by atoms with Gasteiger partial charge in [-0.1, -0.05) is 80.1 Å². The predicted octanol–water partition coefficient (Wildman–Crippen LogP) is 6.01. The number of hydrogen-bond donors (Lipinski definition) is 0. The van der Waals surface area contributed by atoms with Crippen LogP contribution >= 0.6 is 0 Å². The quantitative estimate of drug-likeness (QED) is 0.640. The summed E-state index contributed by atoms with van der Waals surface area (Å²) in [5.41, 5.74) is 8.86. The molecule has 0 nitrogen and oxygen atoms in total. The number of hydrogen-bond acceptors (Lipinski definition) is 0. The molecule has 2 aromatic rings. The zero-order valence-corrected chi connectivity index (χ0v) is 12.9. The van der Waals surface area contributed by atoms with Gasteiger partial charge in [0.25, 0.3) is 0 Å². The first-order chi connectivity index (χ1) is 10.3. The minimum absolute atomic E-state index is 1.14. The molecular formula is C21H22. The van der Waals surface area contributed by atoms with Crippen molar-refractivity contribution >= 4 is 5.57 Å². The molecule has 0 aliphatic heterocycles. The van der Waals surface area contributed by atoms with Crippen LogP contribution in [-0.2, 0) is 0 Å². The predicted molar refractivity (Wildman–Crippen MR) is 91.1 cm³/mol. The molecule has 0 atom stereocenters. The van der Waals surface area contributed by atoms with Crippen molar-refractivity contribution < 1.29 is 0 Å². The van der Waals surface area contributed by atoms with Crippen LogP contribution in [0.25, 0.3) is 5.57 Å². The van der Waals surface area contributed by atoms with Gasteiger partial charge >= 0.3 is 0 Å². The van der Waals surface area contributed by atoms with E-state index in [9.17, 15) is 0 Å². The Balaban J connectivity index is 2.18. The smallest absolute Gasteiger partial charge is 0.00522 e. The van der Waals surface area contributed by atoms with Crippen molar-refractivity contribution in [3.8, 4) is 0 Å². The van der Waals surface area contributed by atoms with E-state index >= 15 is 0 Å². The second-order valence-corrected chi connectivity index (χ2v) is 5.55. The van der Waals surface area contributed by atoms with Gasteiger partial charge in [-0.05, 0) is 47.1 Å². The zero-order chi connectivity index (χ0) is 14.7. The van der Waals surface area contributed by atoms with Crippen molar-refractivity contribution in [3.05, 3.63) is 88.5 Å². The fourth-order valence-electron chi connectivity index (χ4n) is 3.30. The van der Waals surface area contributed by atoms with Gasteiger partial charge in [0, 0.05) is 0 Å². The van der Waals surface area contributed by atoms with Crippen LogP contribution in [0.2, 0.25) is 0 Å². The maximum absolute atomic E-state index is 2.28. The highest BCUT2D eigenvalue weighted by Crippen LogP contribution is 2.44. The summed E-state index contributed by atoms with van der Waals surface area (Å²) in [5.74, 6) is 0. The highest BCUT2D eigenvalue weighted by Gasteiger charge is 2.24. The first kappa shape index (κ1) is 13.9. The molecule has 0 radical (unpaired) electrons. The van der Waals surface area contributed by atoms with Crippen molar-refractivity contribution in [2.45, 2.75) is 33.1 Å². The standard InChI is InChI=1S/C21H22/c1-3-16-15-20(19(16)4-2)21(17-11-7-5-8-12-17)18-13-9-6-10-14-18/h5-14H,3-4,15H2,1-2H3. The van der Waals surface area contributed by atoms with Crippen molar-refractivity contribution in [1.29, 1.82) is 0 Å². The summed E-state index contributed by atoms with van der Waals surface area (Å²) >= 11 is 0. The molecule has 106 valence electrons. The van der Waals surface area contributed by atoms with Gasteiger partial charge in [-0.25, -0.2) is 0 Å². The van der Waals surface area contributed by atoms with Crippen molar-refractivity contribution in [2.24, 2.45) is 0 Å². The van der Waals surface area contributed by atoms with E-state index in [-0.39, 0.29) is 0 Å². The third kappa shape index (κ3) is 2.58. The third-order valence-corrected chi connectivity index (χ3v) is 4.39. The van der Waals surface area contributed by atoms with Crippen molar-refractivity contribution in [3.63, 3.8) is 0 Å². The van der Waals surface area contributed by atoms with Crippen molar-refractivity contribution in [2.75, 3.05) is 0 Å². The van der Waals surface area contributed by atoms with E-state index in [2.05, 4.69) is 74.5 Å². The normalized spacial score (nSPS) is 14.1. The fourth-order valence-corrected chi connectivity index (χ4v) is 3.30. The lowest BCUT2D eigenvalue weighted by atomic mass is 9.75. The highest BCUT2D eigenvalue weighted by atomic mass is 14.3. The molecule has 0 N–H and O–H groups in total. The van der Waals surface area contributed by atoms with Gasteiger partial charge in [0.2, 0.25) is 0 Å². The Morgan fingerprint density at radius 1 is 0.762 bits per heavy atom. The van der Waals surface area contributed by atoms with Crippen LogP contribution in [0.3, 0.4) is 0 Å². The molecule has 0 heterocycles. The molecule has 1 aliphatic carbocycles. The van der Waals surface area contributed by atoms with E-state index in [1.807, 2.05) is 0 Å². The van der Waals surface area contributed by atoms with E-state index in [4.69, 9.17) is 0 Å². The third-order valence-electron chi connectivity index (χ3n) is 4.39. The van der Waals surface area contributed by atoms with Crippen LogP contribution in [-0.4, -0.2) is 0 Å². The van der Waals surface area contributed by atoms with Gasteiger partial charge in [-0.2, -0.15) is 0 Å². The molecule has 0 saturated heterocycles. The Labute approximate surface area is 127 Å². The summed E-state index contributed by atoms with van der Waals surface area (Å²) in [6.07, 6.45) is 3.48. The molecule has 21 heavy (non-hydrogen) atoms. The van der Waals surface area contributed by atoms with Gasteiger partial charge in [-0.3, -0.25) is 0 Å². The van der Waals surface area contributed by atoms with Gasteiger partial charge < -0.3 is 0 Å². The van der Waals surface area contributed by atoms with Gasteiger partial charge in [-0.15, -0.1) is 0 Å². The Hall–Kier alpha value is -2.08. The van der Waals surface area contributed by atoms with Crippen LogP contribution in [0.15, 0.2) is 77.4 Å². The van der Waals surface area contributed by atoms with Gasteiger partial charge in [0.05, 0.1) is 0 Å². The summed E-state index contributed by atoms with van der Waals surface area (Å²) in [6.45, 7) is 4.55. The lowest BCUT2D eigenvalue weighted by Gasteiger charge is -2.30. The molecule has 2 aromatic carbocycles. The molecule has 0 aromatic heterocycles. The molecule has 1 aliphatic rings. The molecule has 0 heteroatoms. The Morgan fingerprint density at radius 2 is 1.29 bits per heavy atom. The van der Waals surface area contributed by atoms with E-state index in [1.54, 1.807) is 16.7 Å². The van der Waals surface area contributed by atoms with Crippen LogP contribution in [0.5, 0.6) is 0 Å². The lowest BCUT2D eigenvalue weighted by molar-refractivity contribution is 0.850. The maximum Gasteiger partial charge on any atom is -0.00522 e. The lowest BCUT2D eigenvalue weighted by Crippen LogP contribution is -2.10. The maximum atomic E-state index is 2.28. The minimum Gasteiger partial charge on any atom is -0.0626 e. The molecule has 3 rings (SSSR count). The summed E-state index contributed by atoms with van der Waals surface area (Å²) in [6, 6.07) is 21.6. The summed E-state index contributed by atoms with van der Waals surface area (Å²) in [5, 5.41) is 0. The number of rotatable bonds is 4. The first-order valence-corrected chi connectivity index (χ1v) is 7.90. The van der Waals surface area contributed by atoms with Crippen LogP contribution in [0.4, 0.5) is 0 Å². The summed E-state index contributed by atoms with van der Waals surface area (Å²) in [4.78, 5) is 0. The molecule has 0 saturated carbocycles. The molecule has 0 bridgehead atoms. The second kappa shape index (κ2) is 6.13. The van der Waals surface area contributed by atoms with Gasteiger partial charge in [0.1, 0.15) is 0 Å². The zero-order valence-electron chi connectivity index (χ0n) is 12.9. The highest BCUT2D eigenvalue weighted by molar-refractivity contribution is 5.86. The van der Waals surface area contributed by atoms with Crippen LogP contribution in [0.1, 0.15) is 44.2 Å². The largest absolute Gasteiger partial charge is 0.0626 e. The second-order valence-electron chi connectivity index (χ2n) is 5.55. The van der Waals surface area contributed by atoms with E-state index in [0.717, 1.165) is 12.8 Å². The Morgan fingerprint density at radius 3 is 1.71 bits per heavy atom. The molecule has 0 unspecified atom stereocenters.